The van der Waals surface area contributed by atoms with Gasteiger partial charge in [-0.05, 0) is 61.2 Å². The summed E-state index contributed by atoms with van der Waals surface area (Å²) in [7, 11) is 0. The topological polar surface area (TPSA) is 73.9 Å². The number of alkyl halides is 2. The Labute approximate surface area is 167 Å². The van der Waals surface area contributed by atoms with Crippen LogP contribution in [0.15, 0.2) is 42.5 Å². The summed E-state index contributed by atoms with van der Waals surface area (Å²) in [6.45, 7) is 0.598. The third kappa shape index (κ3) is 8.59. The Bertz CT molecular complexity index is 804. The number of aryl methyl sites for hydroxylation is 2. The standard InChI is InChI=1S/C21H23F2NO5/c1-14-9-15(2)11-18(10-14)27-13-20(26)28-12-19(25)24-8-7-16-3-5-17(6-4-16)29-21(22)23/h3-6,9-11,21H,7-8,12-13H2,1-2H3,(H,24,25). The van der Waals surface area contributed by atoms with E-state index in [0.29, 0.717) is 18.7 Å². The Morgan fingerprint density at radius 3 is 2.24 bits per heavy atom. The number of ether oxygens (including phenoxy) is 3. The van der Waals surface area contributed by atoms with Crippen LogP contribution in [0, 0.1) is 13.8 Å². The number of amides is 1. The normalized spacial score (nSPS) is 10.5. The van der Waals surface area contributed by atoms with E-state index < -0.39 is 25.1 Å². The molecule has 0 heterocycles. The molecule has 0 aliphatic carbocycles. The molecule has 0 aliphatic heterocycles. The van der Waals surface area contributed by atoms with Crippen LogP contribution < -0.4 is 14.8 Å². The zero-order chi connectivity index (χ0) is 21.2. The minimum absolute atomic E-state index is 0.0720. The first-order chi connectivity index (χ1) is 13.8. The smallest absolute Gasteiger partial charge is 0.387 e. The van der Waals surface area contributed by atoms with Crippen molar-refractivity contribution in [1.82, 2.24) is 5.32 Å². The molecule has 0 fully saturated rings. The van der Waals surface area contributed by atoms with Crippen molar-refractivity contribution < 1.29 is 32.6 Å². The van der Waals surface area contributed by atoms with Crippen LogP contribution in [0.5, 0.6) is 11.5 Å². The lowest BCUT2D eigenvalue weighted by atomic mass is 10.1. The van der Waals surface area contributed by atoms with E-state index in [1.807, 2.05) is 19.9 Å². The third-order valence-corrected chi connectivity index (χ3v) is 3.80. The minimum Gasteiger partial charge on any atom is -0.482 e. The molecule has 6 nitrogen and oxygen atoms in total. The molecule has 29 heavy (non-hydrogen) atoms. The van der Waals surface area contributed by atoms with Gasteiger partial charge in [0.2, 0.25) is 0 Å². The maximum absolute atomic E-state index is 12.1. The highest BCUT2D eigenvalue weighted by atomic mass is 19.3. The average molecular weight is 407 g/mol. The van der Waals surface area contributed by atoms with Crippen molar-refractivity contribution >= 4 is 11.9 Å². The molecule has 0 radical (unpaired) electrons. The molecule has 2 aromatic carbocycles. The summed E-state index contributed by atoms with van der Waals surface area (Å²) in [6.07, 6.45) is 0.491. The van der Waals surface area contributed by atoms with Gasteiger partial charge < -0.3 is 19.5 Å². The lowest BCUT2D eigenvalue weighted by Crippen LogP contribution is -2.31. The van der Waals surface area contributed by atoms with Crippen molar-refractivity contribution in [2.24, 2.45) is 0 Å². The van der Waals surface area contributed by atoms with E-state index in [1.165, 1.54) is 12.1 Å². The van der Waals surface area contributed by atoms with E-state index in [4.69, 9.17) is 9.47 Å². The van der Waals surface area contributed by atoms with Gasteiger partial charge in [0.05, 0.1) is 0 Å². The van der Waals surface area contributed by atoms with Crippen LogP contribution in [0.2, 0.25) is 0 Å². The monoisotopic (exact) mass is 407 g/mol. The van der Waals surface area contributed by atoms with Crippen molar-refractivity contribution in [2.45, 2.75) is 26.9 Å². The van der Waals surface area contributed by atoms with Gasteiger partial charge >= 0.3 is 12.6 Å². The Morgan fingerprint density at radius 1 is 0.966 bits per heavy atom. The maximum Gasteiger partial charge on any atom is 0.387 e. The molecule has 0 aromatic heterocycles. The molecule has 2 rings (SSSR count). The fraction of sp³-hybridized carbons (Fsp3) is 0.333. The molecule has 8 heteroatoms. The number of hydrogen-bond acceptors (Lipinski definition) is 5. The van der Waals surface area contributed by atoms with Crippen LogP contribution in [0.3, 0.4) is 0 Å². The Hall–Kier alpha value is -3.16. The molecule has 0 saturated carbocycles. The SMILES string of the molecule is Cc1cc(C)cc(OCC(=O)OCC(=O)NCCc2ccc(OC(F)F)cc2)c1. The number of benzene rings is 2. The van der Waals surface area contributed by atoms with E-state index in [0.717, 1.165) is 16.7 Å². The third-order valence-electron chi connectivity index (χ3n) is 3.80. The minimum atomic E-state index is -2.87. The summed E-state index contributed by atoms with van der Waals surface area (Å²) in [4.78, 5) is 23.4. The van der Waals surface area contributed by atoms with Gasteiger partial charge in [0.25, 0.3) is 5.91 Å². The Morgan fingerprint density at radius 2 is 1.62 bits per heavy atom. The molecule has 0 bridgehead atoms. The van der Waals surface area contributed by atoms with Crippen molar-refractivity contribution in [3.8, 4) is 11.5 Å². The van der Waals surface area contributed by atoms with E-state index in [1.54, 1.807) is 24.3 Å². The highest BCUT2D eigenvalue weighted by molar-refractivity contribution is 5.80. The van der Waals surface area contributed by atoms with Crippen molar-refractivity contribution in [1.29, 1.82) is 0 Å². The van der Waals surface area contributed by atoms with Crippen LogP contribution in [0.25, 0.3) is 0 Å². The molecule has 156 valence electrons. The molecule has 0 saturated heterocycles. The van der Waals surface area contributed by atoms with E-state index in [9.17, 15) is 18.4 Å². The van der Waals surface area contributed by atoms with Crippen molar-refractivity contribution in [3.63, 3.8) is 0 Å². The number of rotatable bonds is 10. The first-order valence-corrected chi connectivity index (χ1v) is 8.99. The highest BCUT2D eigenvalue weighted by Crippen LogP contribution is 2.16. The van der Waals surface area contributed by atoms with Gasteiger partial charge in [-0.2, -0.15) is 8.78 Å². The zero-order valence-corrected chi connectivity index (χ0v) is 16.2. The molecule has 0 atom stereocenters. The second-order valence-corrected chi connectivity index (χ2v) is 6.40. The predicted octanol–water partition coefficient (Wildman–Crippen LogP) is 3.19. The molecule has 0 spiro atoms. The average Bonchev–Trinajstić information content (AvgIpc) is 2.65. The summed E-state index contributed by atoms with van der Waals surface area (Å²) in [5, 5.41) is 2.61. The number of halogens is 2. The van der Waals surface area contributed by atoms with E-state index in [-0.39, 0.29) is 12.4 Å². The quantitative estimate of drug-likeness (QED) is 0.613. The number of carbonyl (C=O) groups excluding carboxylic acids is 2. The molecule has 1 amide bonds. The van der Waals surface area contributed by atoms with Gasteiger partial charge in [0.1, 0.15) is 11.5 Å². The van der Waals surface area contributed by atoms with Gasteiger partial charge in [-0.15, -0.1) is 0 Å². The summed E-state index contributed by atoms with van der Waals surface area (Å²) in [5.74, 6) is -0.451. The second-order valence-electron chi connectivity index (χ2n) is 6.40. The van der Waals surface area contributed by atoms with Gasteiger partial charge in [-0.25, -0.2) is 4.79 Å². The molecular weight excluding hydrogens is 384 g/mol. The molecular formula is C21H23F2NO5. The Kier molecular flexibility index (Phi) is 8.39. The van der Waals surface area contributed by atoms with E-state index in [2.05, 4.69) is 10.1 Å². The zero-order valence-electron chi connectivity index (χ0n) is 16.2. The predicted molar refractivity (Wildman–Crippen MR) is 102 cm³/mol. The Balaban J connectivity index is 1.63. The van der Waals surface area contributed by atoms with Crippen LogP contribution in [-0.2, 0) is 20.7 Å². The van der Waals surface area contributed by atoms with Crippen LogP contribution in [0.4, 0.5) is 8.78 Å². The molecule has 0 unspecified atom stereocenters. The number of carbonyl (C=O) groups is 2. The largest absolute Gasteiger partial charge is 0.482 e. The summed E-state index contributed by atoms with van der Waals surface area (Å²) in [6, 6.07) is 11.7. The fourth-order valence-corrected chi connectivity index (χ4v) is 2.58. The summed E-state index contributed by atoms with van der Waals surface area (Å²) >= 11 is 0. The van der Waals surface area contributed by atoms with Gasteiger partial charge in [0.15, 0.2) is 13.2 Å². The van der Waals surface area contributed by atoms with Gasteiger partial charge in [-0.1, -0.05) is 18.2 Å². The number of nitrogens with one attached hydrogen (secondary N) is 1. The number of hydrogen-bond donors (Lipinski definition) is 1. The molecule has 2 aromatic rings. The molecule has 1 N–H and O–H groups in total. The number of esters is 1. The summed E-state index contributed by atoms with van der Waals surface area (Å²) < 4.78 is 38.7. The maximum atomic E-state index is 12.1. The van der Waals surface area contributed by atoms with Crippen molar-refractivity contribution in [3.05, 3.63) is 59.2 Å². The van der Waals surface area contributed by atoms with Gasteiger partial charge in [-0.3, -0.25) is 4.79 Å². The lowest BCUT2D eigenvalue weighted by molar-refractivity contribution is -0.150. The summed E-state index contributed by atoms with van der Waals surface area (Å²) in [5.41, 5.74) is 2.87. The first kappa shape index (κ1) is 22.1. The van der Waals surface area contributed by atoms with Crippen LogP contribution in [0.1, 0.15) is 16.7 Å². The molecule has 0 aliphatic rings. The van der Waals surface area contributed by atoms with E-state index >= 15 is 0 Å². The van der Waals surface area contributed by atoms with Crippen LogP contribution >= 0.6 is 0 Å². The lowest BCUT2D eigenvalue weighted by Gasteiger charge is -2.09. The van der Waals surface area contributed by atoms with Gasteiger partial charge in [0, 0.05) is 6.54 Å². The second kappa shape index (κ2) is 11.0. The fourth-order valence-electron chi connectivity index (χ4n) is 2.58. The highest BCUT2D eigenvalue weighted by Gasteiger charge is 2.09. The van der Waals surface area contributed by atoms with Crippen molar-refractivity contribution in [2.75, 3.05) is 19.8 Å². The first-order valence-electron chi connectivity index (χ1n) is 8.99. The van der Waals surface area contributed by atoms with Crippen LogP contribution in [-0.4, -0.2) is 38.2 Å².